The molecule has 0 aliphatic carbocycles. The molecule has 148 valence electrons. The molecule has 0 fully saturated rings. The van der Waals surface area contributed by atoms with E-state index in [2.05, 4.69) is 5.32 Å². The lowest BCUT2D eigenvalue weighted by molar-refractivity contribution is -0.150. The molecule has 0 aromatic heterocycles. The Labute approximate surface area is 168 Å². The van der Waals surface area contributed by atoms with E-state index in [9.17, 15) is 14.4 Å². The van der Waals surface area contributed by atoms with E-state index in [0.717, 1.165) is 11.1 Å². The number of carbonyl (C=O) groups is 3. The van der Waals surface area contributed by atoms with Crippen LogP contribution in [0.15, 0.2) is 48.5 Å². The van der Waals surface area contributed by atoms with Crippen LogP contribution in [0.25, 0.3) is 0 Å². The number of amides is 1. The predicted octanol–water partition coefficient (Wildman–Crippen LogP) is 2.89. The Morgan fingerprint density at radius 3 is 2.43 bits per heavy atom. The monoisotopic (exact) mass is 403 g/mol. The lowest BCUT2D eigenvalue weighted by Gasteiger charge is -2.16. The van der Waals surface area contributed by atoms with Crippen LogP contribution in [0.3, 0.4) is 0 Å². The van der Waals surface area contributed by atoms with Crippen molar-refractivity contribution in [3.8, 4) is 5.75 Å². The van der Waals surface area contributed by atoms with Gasteiger partial charge in [0.25, 0.3) is 5.91 Å². The van der Waals surface area contributed by atoms with Crippen LogP contribution >= 0.6 is 11.6 Å². The van der Waals surface area contributed by atoms with Gasteiger partial charge in [0.1, 0.15) is 5.75 Å². The summed E-state index contributed by atoms with van der Waals surface area (Å²) in [5, 5.41) is 3.16. The number of benzene rings is 2. The van der Waals surface area contributed by atoms with Gasteiger partial charge >= 0.3 is 5.97 Å². The lowest BCUT2D eigenvalue weighted by Crippen LogP contribution is -2.43. The van der Waals surface area contributed by atoms with Gasteiger partial charge in [-0.25, -0.2) is 4.79 Å². The first-order valence-electron chi connectivity index (χ1n) is 8.73. The zero-order valence-electron chi connectivity index (χ0n) is 15.7. The molecule has 0 spiro atoms. The molecule has 2 rings (SSSR count). The van der Waals surface area contributed by atoms with Crippen LogP contribution in [0, 0.1) is 6.92 Å². The number of aryl methyl sites for hydroxylation is 1. The van der Waals surface area contributed by atoms with Crippen molar-refractivity contribution in [2.24, 2.45) is 0 Å². The first kappa shape index (κ1) is 21.4. The number of Topliss-reactive ketones (excluding diaryl/α,β-unsaturated/α-hetero) is 1. The van der Waals surface area contributed by atoms with E-state index in [1.165, 1.54) is 6.92 Å². The van der Waals surface area contributed by atoms with Gasteiger partial charge in [-0.2, -0.15) is 0 Å². The van der Waals surface area contributed by atoms with Crippen molar-refractivity contribution in [2.75, 3.05) is 13.2 Å². The number of hydrogen-bond acceptors (Lipinski definition) is 5. The molecule has 0 heterocycles. The standard InChI is InChI=1S/C21H22ClNO5/c1-14-10-17(22)8-9-19(14)27-13-21(26)28-12-20(25)23-18(15(2)24)11-16-6-4-3-5-7-16/h3-10,18H,11-13H2,1-2H3,(H,23,25)/t18-/m0/s1. The fourth-order valence-corrected chi connectivity index (χ4v) is 2.71. The van der Waals surface area contributed by atoms with Crippen molar-refractivity contribution >= 4 is 29.3 Å². The molecule has 0 unspecified atom stereocenters. The Morgan fingerprint density at radius 2 is 1.79 bits per heavy atom. The van der Waals surface area contributed by atoms with Crippen molar-refractivity contribution in [3.63, 3.8) is 0 Å². The van der Waals surface area contributed by atoms with Crippen molar-refractivity contribution in [2.45, 2.75) is 26.3 Å². The average molecular weight is 404 g/mol. The maximum atomic E-state index is 12.0. The van der Waals surface area contributed by atoms with Gasteiger partial charge in [0, 0.05) is 5.02 Å². The molecule has 1 amide bonds. The number of carbonyl (C=O) groups excluding carboxylic acids is 3. The second-order valence-corrected chi connectivity index (χ2v) is 6.72. The third-order valence-electron chi connectivity index (χ3n) is 3.96. The summed E-state index contributed by atoms with van der Waals surface area (Å²) >= 11 is 5.86. The molecule has 0 aliphatic rings. The van der Waals surface area contributed by atoms with Gasteiger partial charge in [0.2, 0.25) is 0 Å². The molecule has 7 heteroatoms. The van der Waals surface area contributed by atoms with Gasteiger partial charge in [-0.05, 0) is 49.6 Å². The second kappa shape index (κ2) is 10.5. The average Bonchev–Trinajstić information content (AvgIpc) is 2.66. The fourth-order valence-electron chi connectivity index (χ4n) is 2.48. The molecule has 28 heavy (non-hydrogen) atoms. The largest absolute Gasteiger partial charge is 0.482 e. The Bertz CT molecular complexity index is 838. The number of ether oxygens (including phenoxy) is 2. The minimum Gasteiger partial charge on any atom is -0.482 e. The van der Waals surface area contributed by atoms with Crippen molar-refractivity contribution < 1.29 is 23.9 Å². The summed E-state index contributed by atoms with van der Waals surface area (Å²) in [6.45, 7) is 2.38. The maximum Gasteiger partial charge on any atom is 0.344 e. The molecule has 2 aromatic rings. The summed E-state index contributed by atoms with van der Waals surface area (Å²) < 4.78 is 10.3. The van der Waals surface area contributed by atoms with Gasteiger partial charge in [-0.1, -0.05) is 41.9 Å². The van der Waals surface area contributed by atoms with Crippen LogP contribution in [0.5, 0.6) is 5.75 Å². The Kier molecular flexibility index (Phi) is 8.02. The van der Waals surface area contributed by atoms with Gasteiger partial charge in [-0.15, -0.1) is 0 Å². The van der Waals surface area contributed by atoms with Crippen LogP contribution in [0.4, 0.5) is 0 Å². The van der Waals surface area contributed by atoms with Gasteiger partial charge in [0.15, 0.2) is 19.0 Å². The highest BCUT2D eigenvalue weighted by Gasteiger charge is 2.18. The summed E-state index contributed by atoms with van der Waals surface area (Å²) in [7, 11) is 0. The van der Waals surface area contributed by atoms with E-state index in [1.807, 2.05) is 30.3 Å². The number of nitrogens with one attached hydrogen (secondary N) is 1. The first-order valence-corrected chi connectivity index (χ1v) is 9.11. The fraction of sp³-hybridized carbons (Fsp3) is 0.286. The van der Waals surface area contributed by atoms with Crippen molar-refractivity contribution in [1.82, 2.24) is 5.32 Å². The van der Waals surface area contributed by atoms with E-state index in [-0.39, 0.29) is 12.4 Å². The van der Waals surface area contributed by atoms with Crippen molar-refractivity contribution in [1.29, 1.82) is 0 Å². The SMILES string of the molecule is CC(=O)[C@H](Cc1ccccc1)NC(=O)COC(=O)COc1ccc(Cl)cc1C. The van der Waals surface area contributed by atoms with Crippen LogP contribution < -0.4 is 10.1 Å². The van der Waals surface area contributed by atoms with E-state index in [1.54, 1.807) is 25.1 Å². The molecular formula is C21H22ClNO5. The summed E-state index contributed by atoms with van der Waals surface area (Å²) in [6.07, 6.45) is 0.370. The van der Waals surface area contributed by atoms with Crippen LogP contribution in [-0.4, -0.2) is 36.9 Å². The highest BCUT2D eigenvalue weighted by atomic mass is 35.5. The molecule has 1 N–H and O–H groups in total. The molecule has 0 saturated carbocycles. The highest BCUT2D eigenvalue weighted by Crippen LogP contribution is 2.21. The minimum absolute atomic E-state index is 0.176. The van der Waals surface area contributed by atoms with E-state index >= 15 is 0 Å². The van der Waals surface area contributed by atoms with Gasteiger partial charge < -0.3 is 14.8 Å². The first-order chi connectivity index (χ1) is 13.3. The van der Waals surface area contributed by atoms with Crippen LogP contribution in [-0.2, 0) is 25.5 Å². The summed E-state index contributed by atoms with van der Waals surface area (Å²) in [6, 6.07) is 13.7. The van der Waals surface area contributed by atoms with Crippen molar-refractivity contribution in [3.05, 3.63) is 64.7 Å². The number of halogens is 1. The normalized spacial score (nSPS) is 11.4. The number of ketones is 1. The topological polar surface area (TPSA) is 81.7 Å². The summed E-state index contributed by atoms with van der Waals surface area (Å²) in [4.78, 5) is 35.6. The summed E-state index contributed by atoms with van der Waals surface area (Å²) in [5.74, 6) is -0.908. The molecular weight excluding hydrogens is 382 g/mol. The van der Waals surface area contributed by atoms with E-state index < -0.39 is 24.5 Å². The van der Waals surface area contributed by atoms with Crippen LogP contribution in [0.2, 0.25) is 5.02 Å². The van der Waals surface area contributed by atoms with E-state index in [0.29, 0.717) is 17.2 Å². The molecule has 0 radical (unpaired) electrons. The number of esters is 1. The molecule has 1 atom stereocenters. The minimum atomic E-state index is -0.688. The quantitative estimate of drug-likeness (QED) is 0.651. The second-order valence-electron chi connectivity index (χ2n) is 6.28. The Hall–Kier alpha value is -2.86. The highest BCUT2D eigenvalue weighted by molar-refractivity contribution is 6.30. The maximum absolute atomic E-state index is 12.0. The number of rotatable bonds is 9. The lowest BCUT2D eigenvalue weighted by atomic mass is 10.0. The molecule has 0 saturated heterocycles. The molecule has 0 bridgehead atoms. The van der Waals surface area contributed by atoms with Gasteiger partial charge in [0.05, 0.1) is 6.04 Å². The smallest absolute Gasteiger partial charge is 0.344 e. The third-order valence-corrected chi connectivity index (χ3v) is 4.19. The van der Waals surface area contributed by atoms with E-state index in [4.69, 9.17) is 21.1 Å². The zero-order chi connectivity index (χ0) is 20.5. The molecule has 6 nitrogen and oxygen atoms in total. The zero-order valence-corrected chi connectivity index (χ0v) is 16.5. The number of hydrogen-bond donors (Lipinski definition) is 1. The van der Waals surface area contributed by atoms with Gasteiger partial charge in [-0.3, -0.25) is 9.59 Å². The predicted molar refractivity (Wildman–Crippen MR) is 105 cm³/mol. The Balaban J connectivity index is 1.78. The molecule has 2 aromatic carbocycles. The Morgan fingerprint density at radius 1 is 1.07 bits per heavy atom. The molecule has 0 aliphatic heterocycles. The third kappa shape index (κ3) is 7.04. The summed E-state index contributed by atoms with van der Waals surface area (Å²) in [5.41, 5.74) is 1.70. The van der Waals surface area contributed by atoms with Crippen LogP contribution in [0.1, 0.15) is 18.1 Å².